The molecule has 1 aliphatic heterocycles. The van der Waals surface area contributed by atoms with Crippen molar-refractivity contribution in [2.75, 3.05) is 6.61 Å². The molecule has 0 spiro atoms. The highest BCUT2D eigenvalue weighted by Crippen LogP contribution is 2.38. The van der Waals surface area contributed by atoms with Gasteiger partial charge < -0.3 is 4.74 Å². The van der Waals surface area contributed by atoms with E-state index in [2.05, 4.69) is 83.1 Å². The quantitative estimate of drug-likeness (QED) is 0.394. The van der Waals surface area contributed by atoms with E-state index in [0.717, 1.165) is 24.4 Å². The van der Waals surface area contributed by atoms with Crippen LogP contribution in [0.25, 0.3) is 0 Å². The summed E-state index contributed by atoms with van der Waals surface area (Å²) in [4.78, 5) is 0. The fourth-order valence-electron chi connectivity index (χ4n) is 3.54. The number of hydrogen-bond donors (Lipinski definition) is 0. The molecule has 0 aromatic carbocycles. The normalized spacial score (nSPS) is 27.9. The van der Waals surface area contributed by atoms with Crippen molar-refractivity contribution in [3.8, 4) is 0 Å². The van der Waals surface area contributed by atoms with Gasteiger partial charge in [-0.2, -0.15) is 0 Å². The Balaban J connectivity index is 0. The molecule has 0 radical (unpaired) electrons. The van der Waals surface area contributed by atoms with Gasteiger partial charge in [-0.05, 0) is 41.4 Å². The van der Waals surface area contributed by atoms with Crippen LogP contribution in [-0.2, 0) is 4.74 Å². The Morgan fingerprint density at radius 2 is 0.964 bits per heavy atom. The fourth-order valence-corrected chi connectivity index (χ4v) is 3.54. The third-order valence-electron chi connectivity index (χ3n) is 5.77. The van der Waals surface area contributed by atoms with Crippen LogP contribution in [0.4, 0.5) is 0 Å². The maximum absolute atomic E-state index is 5.98. The molecule has 0 amide bonds. The summed E-state index contributed by atoms with van der Waals surface area (Å²) in [7, 11) is 0. The number of rotatable bonds is 0. The van der Waals surface area contributed by atoms with E-state index in [1.165, 1.54) is 51.4 Å². The van der Waals surface area contributed by atoms with Gasteiger partial charge in [-0.1, -0.05) is 122 Å². The van der Waals surface area contributed by atoms with Crippen LogP contribution >= 0.6 is 0 Å². The fraction of sp³-hybridized carbons (Fsp3) is 1.00. The average molecular weight is 399 g/mol. The van der Waals surface area contributed by atoms with E-state index in [9.17, 15) is 0 Å². The van der Waals surface area contributed by atoms with Crippen LogP contribution in [-0.4, -0.2) is 12.7 Å². The van der Waals surface area contributed by atoms with Crippen LogP contribution in [0, 0.1) is 28.6 Å². The topological polar surface area (TPSA) is 9.23 Å². The van der Waals surface area contributed by atoms with Crippen molar-refractivity contribution in [3.05, 3.63) is 0 Å². The van der Waals surface area contributed by atoms with Gasteiger partial charge in [-0.15, -0.1) is 0 Å². The van der Waals surface area contributed by atoms with E-state index in [1.54, 1.807) is 0 Å². The Labute approximate surface area is 180 Å². The standard InChI is InChI=1S/C13H26O.C8H16.2C3H8/c1-12(2,3)10-7-8-11(14-9-10)13(4,5)6;1-7-3-5-8(2)6-4-7;2*1-3-2/h10-11H,7-9H2,1-6H3;7-8H,3-6H2,1-2H3;2*3H2,1-2H3. The van der Waals surface area contributed by atoms with Gasteiger partial charge in [0.2, 0.25) is 0 Å². The minimum absolute atomic E-state index is 0.308. The summed E-state index contributed by atoms with van der Waals surface area (Å²) >= 11 is 0. The minimum Gasteiger partial charge on any atom is -0.377 e. The van der Waals surface area contributed by atoms with Gasteiger partial charge >= 0.3 is 0 Å². The van der Waals surface area contributed by atoms with Crippen molar-refractivity contribution in [2.24, 2.45) is 28.6 Å². The molecule has 0 aromatic rings. The molecule has 0 N–H and O–H groups in total. The first-order valence-electron chi connectivity index (χ1n) is 12.4. The first kappa shape index (κ1) is 30.2. The van der Waals surface area contributed by atoms with Crippen LogP contribution in [0.15, 0.2) is 0 Å². The maximum atomic E-state index is 5.98. The Kier molecular flexibility index (Phi) is 17.0. The number of ether oxygens (including phenoxy) is 1. The SMILES string of the molecule is CC(C)(C)C1CCC(C(C)(C)C)OC1.CC1CCC(C)CC1.CCC.CCC. The van der Waals surface area contributed by atoms with Crippen LogP contribution in [0.3, 0.4) is 0 Å². The van der Waals surface area contributed by atoms with Crippen LogP contribution < -0.4 is 0 Å². The molecule has 1 heterocycles. The maximum Gasteiger partial charge on any atom is 0.0623 e. The summed E-state index contributed by atoms with van der Waals surface area (Å²) in [5, 5.41) is 0. The molecule has 1 aliphatic carbocycles. The molecule has 2 fully saturated rings. The van der Waals surface area contributed by atoms with E-state index >= 15 is 0 Å². The van der Waals surface area contributed by atoms with E-state index in [-0.39, 0.29) is 0 Å². The van der Waals surface area contributed by atoms with Crippen LogP contribution in [0.5, 0.6) is 0 Å². The van der Waals surface area contributed by atoms with Gasteiger partial charge in [-0.25, -0.2) is 0 Å². The van der Waals surface area contributed by atoms with Crippen molar-refractivity contribution in [3.63, 3.8) is 0 Å². The second-order valence-corrected chi connectivity index (χ2v) is 11.6. The first-order chi connectivity index (χ1) is 12.8. The molecule has 1 saturated heterocycles. The zero-order chi connectivity index (χ0) is 22.4. The lowest BCUT2D eigenvalue weighted by atomic mass is 9.74. The summed E-state index contributed by atoms with van der Waals surface area (Å²) in [5.74, 6) is 2.78. The highest BCUT2D eigenvalue weighted by molar-refractivity contribution is 4.84. The highest BCUT2D eigenvalue weighted by atomic mass is 16.5. The van der Waals surface area contributed by atoms with Crippen molar-refractivity contribution < 1.29 is 4.74 Å². The molecule has 1 heteroatoms. The van der Waals surface area contributed by atoms with Gasteiger partial charge in [0.25, 0.3) is 0 Å². The first-order valence-corrected chi connectivity index (χ1v) is 12.4. The second-order valence-electron chi connectivity index (χ2n) is 11.6. The third kappa shape index (κ3) is 15.8. The van der Waals surface area contributed by atoms with E-state index in [1.807, 2.05) is 0 Å². The lowest BCUT2D eigenvalue weighted by Gasteiger charge is -2.41. The van der Waals surface area contributed by atoms with E-state index < -0.39 is 0 Å². The Bertz CT molecular complexity index is 283. The summed E-state index contributed by atoms with van der Waals surface area (Å²) in [5.41, 5.74) is 0.714. The van der Waals surface area contributed by atoms with Gasteiger partial charge in [0.05, 0.1) is 12.7 Å². The molecule has 28 heavy (non-hydrogen) atoms. The molecule has 0 bridgehead atoms. The summed E-state index contributed by atoms with van der Waals surface area (Å²) < 4.78 is 5.98. The largest absolute Gasteiger partial charge is 0.377 e. The van der Waals surface area contributed by atoms with E-state index in [4.69, 9.17) is 4.74 Å². The molecule has 1 nitrogen and oxygen atoms in total. The second kappa shape index (κ2) is 15.8. The smallest absolute Gasteiger partial charge is 0.0623 e. The lowest BCUT2D eigenvalue weighted by molar-refractivity contribution is -0.0908. The molecular weight excluding hydrogens is 340 g/mol. The minimum atomic E-state index is 0.308. The predicted octanol–water partition coefficient (Wildman–Crippen LogP) is 9.54. The molecule has 0 aromatic heterocycles. The molecule has 2 aliphatic rings. The summed E-state index contributed by atoms with van der Waals surface area (Å²) in [6.45, 7) is 28.0. The van der Waals surface area contributed by atoms with Gasteiger partial charge in [0.1, 0.15) is 0 Å². The average Bonchev–Trinajstić information content (AvgIpc) is 2.58. The number of hydrogen-bond acceptors (Lipinski definition) is 1. The van der Waals surface area contributed by atoms with Crippen molar-refractivity contribution >= 4 is 0 Å². The molecular formula is C27H58O. The monoisotopic (exact) mass is 398 g/mol. The molecule has 2 unspecified atom stereocenters. The van der Waals surface area contributed by atoms with Crippen LogP contribution in [0.2, 0.25) is 0 Å². The van der Waals surface area contributed by atoms with Crippen molar-refractivity contribution in [2.45, 2.75) is 141 Å². The van der Waals surface area contributed by atoms with Gasteiger partial charge in [-0.3, -0.25) is 0 Å². The van der Waals surface area contributed by atoms with Crippen molar-refractivity contribution in [1.29, 1.82) is 0 Å². The zero-order valence-corrected chi connectivity index (χ0v) is 22.1. The van der Waals surface area contributed by atoms with Gasteiger partial charge in [0, 0.05) is 0 Å². The summed E-state index contributed by atoms with van der Waals surface area (Å²) in [6.07, 6.45) is 11.4. The van der Waals surface area contributed by atoms with E-state index in [0.29, 0.717) is 16.9 Å². The van der Waals surface area contributed by atoms with Crippen molar-refractivity contribution in [1.82, 2.24) is 0 Å². The highest BCUT2D eigenvalue weighted by Gasteiger charge is 2.34. The Morgan fingerprint density at radius 3 is 1.18 bits per heavy atom. The Hall–Kier alpha value is -0.0400. The lowest BCUT2D eigenvalue weighted by Crippen LogP contribution is -2.39. The molecule has 2 rings (SSSR count). The predicted molar refractivity (Wildman–Crippen MR) is 130 cm³/mol. The van der Waals surface area contributed by atoms with Crippen LogP contribution in [0.1, 0.15) is 134 Å². The Morgan fingerprint density at radius 1 is 0.607 bits per heavy atom. The molecule has 172 valence electrons. The third-order valence-corrected chi connectivity index (χ3v) is 5.77. The summed E-state index contributed by atoms with van der Waals surface area (Å²) in [6, 6.07) is 0. The molecule has 1 saturated carbocycles. The van der Waals surface area contributed by atoms with Gasteiger partial charge in [0.15, 0.2) is 0 Å². The zero-order valence-electron chi connectivity index (χ0n) is 22.1. The molecule has 2 atom stereocenters.